The van der Waals surface area contributed by atoms with Crippen LogP contribution in [0.15, 0.2) is 42.5 Å². The molecule has 1 aliphatic heterocycles. The first kappa shape index (κ1) is 16.9. The molecular formula is C21H21N3OS. The lowest BCUT2D eigenvalue weighted by atomic mass is 10.1. The molecule has 0 spiro atoms. The fraction of sp³-hybridized carbons (Fsp3) is 0.286. The highest BCUT2D eigenvalue weighted by Crippen LogP contribution is 2.37. The van der Waals surface area contributed by atoms with Crippen molar-refractivity contribution >= 4 is 28.5 Å². The Labute approximate surface area is 158 Å². The van der Waals surface area contributed by atoms with Crippen LogP contribution in [-0.4, -0.2) is 24.0 Å². The largest absolute Gasteiger partial charge is 0.497 e. The van der Waals surface area contributed by atoms with Crippen molar-refractivity contribution in [2.45, 2.75) is 19.9 Å². The van der Waals surface area contributed by atoms with Crippen molar-refractivity contribution in [1.29, 1.82) is 5.26 Å². The van der Waals surface area contributed by atoms with Gasteiger partial charge in [-0.3, -0.25) is 0 Å². The molecule has 2 heterocycles. The Bertz CT molecular complexity index is 979. The van der Waals surface area contributed by atoms with Gasteiger partial charge in [-0.05, 0) is 55.1 Å². The lowest BCUT2D eigenvalue weighted by molar-refractivity contribution is 0.415. The summed E-state index contributed by atoms with van der Waals surface area (Å²) in [5.41, 5.74) is 5.06. The number of aryl methyl sites for hydroxylation is 1. The summed E-state index contributed by atoms with van der Waals surface area (Å²) in [6.07, 6.45) is 1.23. The number of benzene rings is 2. The number of fused-ring (bicyclic) bond motifs is 1. The molecule has 0 N–H and O–H groups in total. The fourth-order valence-corrected chi connectivity index (χ4v) is 4.64. The number of nitrogens with zero attached hydrogens (tertiary/aromatic N) is 3. The highest BCUT2D eigenvalue weighted by Gasteiger charge is 2.19. The van der Waals surface area contributed by atoms with Crippen LogP contribution in [0, 0.1) is 11.3 Å². The number of hydrogen-bond donors (Lipinski definition) is 0. The predicted molar refractivity (Wildman–Crippen MR) is 109 cm³/mol. The summed E-state index contributed by atoms with van der Waals surface area (Å²) < 4.78 is 9.93. The normalized spacial score (nSPS) is 14.0. The Balaban J connectivity index is 1.86. The standard InChI is InChI=1S/C21H21N3OS/c1-3-23-20-13-17(25-2)9-10-18(20)19(14-22)21(23)15-5-7-16(8-6-15)24-11-4-12-26-24/h5-10,13H,3-4,11-12H2,1-2H3. The molecule has 0 amide bonds. The van der Waals surface area contributed by atoms with Crippen molar-refractivity contribution in [2.75, 3.05) is 23.7 Å². The Morgan fingerprint density at radius 1 is 1.19 bits per heavy atom. The molecule has 0 aliphatic carbocycles. The molecule has 0 atom stereocenters. The minimum atomic E-state index is 0.729. The van der Waals surface area contributed by atoms with E-state index >= 15 is 0 Å². The van der Waals surface area contributed by atoms with Crippen molar-refractivity contribution in [2.24, 2.45) is 0 Å². The summed E-state index contributed by atoms with van der Waals surface area (Å²) in [4.78, 5) is 0. The number of ether oxygens (including phenoxy) is 1. The highest BCUT2D eigenvalue weighted by atomic mass is 32.2. The Morgan fingerprint density at radius 2 is 2.00 bits per heavy atom. The summed E-state index contributed by atoms with van der Waals surface area (Å²) >= 11 is 1.88. The molecule has 4 nitrogen and oxygen atoms in total. The molecule has 0 unspecified atom stereocenters. The first-order valence-electron chi connectivity index (χ1n) is 8.88. The van der Waals surface area contributed by atoms with Crippen LogP contribution in [0.3, 0.4) is 0 Å². The van der Waals surface area contributed by atoms with E-state index in [0.29, 0.717) is 0 Å². The van der Waals surface area contributed by atoms with Crippen LogP contribution in [0.25, 0.3) is 22.2 Å². The third kappa shape index (κ3) is 2.71. The molecule has 1 fully saturated rings. The van der Waals surface area contributed by atoms with Gasteiger partial charge < -0.3 is 13.6 Å². The van der Waals surface area contributed by atoms with Gasteiger partial charge in [-0.15, -0.1) is 0 Å². The molecule has 26 heavy (non-hydrogen) atoms. The van der Waals surface area contributed by atoms with Gasteiger partial charge in [-0.1, -0.05) is 12.1 Å². The Morgan fingerprint density at radius 3 is 2.62 bits per heavy atom. The van der Waals surface area contributed by atoms with E-state index in [9.17, 15) is 5.26 Å². The van der Waals surface area contributed by atoms with E-state index in [1.807, 2.05) is 30.1 Å². The topological polar surface area (TPSA) is 41.2 Å². The summed E-state index contributed by atoms with van der Waals surface area (Å²) in [5.74, 6) is 1.99. The van der Waals surface area contributed by atoms with Crippen LogP contribution in [0.2, 0.25) is 0 Å². The predicted octanol–water partition coefficient (Wildman–Crippen LogP) is 5.07. The van der Waals surface area contributed by atoms with Crippen molar-refractivity contribution in [1.82, 2.24) is 4.57 Å². The molecule has 2 aromatic carbocycles. The highest BCUT2D eigenvalue weighted by molar-refractivity contribution is 8.00. The third-order valence-electron chi connectivity index (χ3n) is 4.88. The van der Waals surface area contributed by atoms with Crippen molar-refractivity contribution < 1.29 is 4.74 Å². The lowest BCUT2D eigenvalue weighted by Gasteiger charge is -2.16. The molecule has 1 aliphatic rings. The molecule has 132 valence electrons. The first-order chi connectivity index (χ1) is 12.8. The van der Waals surface area contributed by atoms with E-state index in [1.165, 1.54) is 17.9 Å². The van der Waals surface area contributed by atoms with Crippen LogP contribution in [0.4, 0.5) is 5.69 Å². The van der Waals surface area contributed by atoms with Crippen LogP contribution >= 0.6 is 11.9 Å². The lowest BCUT2D eigenvalue weighted by Crippen LogP contribution is -2.08. The fourth-order valence-electron chi connectivity index (χ4n) is 3.63. The van der Waals surface area contributed by atoms with Crippen molar-refractivity contribution in [3.8, 4) is 23.1 Å². The zero-order chi connectivity index (χ0) is 18.1. The van der Waals surface area contributed by atoms with Gasteiger partial charge in [0.25, 0.3) is 0 Å². The first-order valence-corrected chi connectivity index (χ1v) is 9.82. The second-order valence-corrected chi connectivity index (χ2v) is 7.41. The Hall–Kier alpha value is -2.58. The molecule has 0 saturated carbocycles. The van der Waals surface area contributed by atoms with Gasteiger partial charge >= 0.3 is 0 Å². The van der Waals surface area contributed by atoms with Crippen LogP contribution in [0.5, 0.6) is 5.75 Å². The molecular weight excluding hydrogens is 342 g/mol. The Kier molecular flexibility index (Phi) is 4.52. The SMILES string of the molecule is CCn1c(-c2ccc(N3CCCS3)cc2)c(C#N)c2ccc(OC)cc21. The van der Waals surface area contributed by atoms with E-state index in [2.05, 4.69) is 46.1 Å². The molecule has 1 saturated heterocycles. The molecule has 0 radical (unpaired) electrons. The molecule has 3 aromatic rings. The van der Waals surface area contributed by atoms with E-state index in [0.717, 1.165) is 46.6 Å². The van der Waals surface area contributed by atoms with E-state index in [-0.39, 0.29) is 0 Å². The second-order valence-electron chi connectivity index (χ2n) is 6.30. The average molecular weight is 363 g/mol. The number of nitriles is 1. The summed E-state index contributed by atoms with van der Waals surface area (Å²) in [6.45, 7) is 4.01. The second kappa shape index (κ2) is 6.97. The minimum absolute atomic E-state index is 0.729. The van der Waals surface area contributed by atoms with Crippen molar-refractivity contribution in [3.05, 3.63) is 48.0 Å². The quantitative estimate of drug-likeness (QED) is 0.607. The summed E-state index contributed by atoms with van der Waals surface area (Å²) in [7, 11) is 1.67. The van der Waals surface area contributed by atoms with E-state index in [4.69, 9.17) is 4.74 Å². The minimum Gasteiger partial charge on any atom is -0.497 e. The van der Waals surface area contributed by atoms with Gasteiger partial charge in [0.05, 0.1) is 23.9 Å². The molecule has 4 rings (SSSR count). The average Bonchev–Trinajstić information content (AvgIpc) is 3.33. The number of anilines is 1. The van der Waals surface area contributed by atoms with E-state index in [1.54, 1.807) is 7.11 Å². The zero-order valence-electron chi connectivity index (χ0n) is 15.0. The summed E-state index contributed by atoms with van der Waals surface area (Å²) in [5, 5.41) is 10.8. The molecule has 1 aromatic heterocycles. The van der Waals surface area contributed by atoms with Gasteiger partial charge in [0, 0.05) is 36.0 Å². The van der Waals surface area contributed by atoms with Gasteiger partial charge in [0.1, 0.15) is 11.8 Å². The number of rotatable bonds is 4. The van der Waals surface area contributed by atoms with Crippen LogP contribution in [-0.2, 0) is 6.54 Å². The third-order valence-corrected chi connectivity index (χ3v) is 6.06. The zero-order valence-corrected chi connectivity index (χ0v) is 15.8. The van der Waals surface area contributed by atoms with Crippen molar-refractivity contribution in [3.63, 3.8) is 0 Å². The van der Waals surface area contributed by atoms with Gasteiger partial charge in [-0.2, -0.15) is 5.26 Å². The molecule has 5 heteroatoms. The van der Waals surface area contributed by atoms with Gasteiger partial charge in [0.15, 0.2) is 0 Å². The van der Waals surface area contributed by atoms with Gasteiger partial charge in [0.2, 0.25) is 0 Å². The van der Waals surface area contributed by atoms with E-state index < -0.39 is 0 Å². The molecule has 0 bridgehead atoms. The maximum Gasteiger partial charge on any atom is 0.120 e. The van der Waals surface area contributed by atoms with Crippen LogP contribution in [0.1, 0.15) is 18.9 Å². The number of aromatic nitrogens is 1. The van der Waals surface area contributed by atoms with Crippen LogP contribution < -0.4 is 9.04 Å². The smallest absolute Gasteiger partial charge is 0.120 e. The monoisotopic (exact) mass is 363 g/mol. The number of hydrogen-bond acceptors (Lipinski definition) is 4. The summed E-state index contributed by atoms with van der Waals surface area (Å²) in [6, 6.07) is 16.9. The maximum absolute atomic E-state index is 9.83. The maximum atomic E-state index is 9.83. The number of methoxy groups -OCH3 is 1. The van der Waals surface area contributed by atoms with Gasteiger partial charge in [-0.25, -0.2) is 0 Å².